The Labute approximate surface area is 177 Å². The molecule has 4 rings (SSSR count). The van der Waals surface area contributed by atoms with Crippen LogP contribution in [-0.4, -0.2) is 43.2 Å². The molecule has 5 nitrogen and oxygen atoms in total. The molecular formula is C22H25ClN2O3S. The molecule has 2 aromatic rings. The smallest absolute Gasteiger partial charge is 0.243 e. The van der Waals surface area contributed by atoms with Gasteiger partial charge in [-0.2, -0.15) is 4.31 Å². The fourth-order valence-corrected chi connectivity index (χ4v) is 6.25. The highest BCUT2D eigenvalue weighted by molar-refractivity contribution is 7.89. The molecule has 0 radical (unpaired) electrons. The summed E-state index contributed by atoms with van der Waals surface area (Å²) in [7, 11) is -3.66. The fourth-order valence-electron chi connectivity index (χ4n) is 4.43. The molecule has 2 heterocycles. The van der Waals surface area contributed by atoms with Crippen molar-refractivity contribution in [2.45, 2.75) is 36.6 Å². The van der Waals surface area contributed by atoms with Crippen molar-refractivity contribution in [3.8, 4) is 0 Å². The summed E-state index contributed by atoms with van der Waals surface area (Å²) in [5, 5.41) is 0.387. The topological polar surface area (TPSA) is 57.7 Å². The van der Waals surface area contributed by atoms with E-state index in [2.05, 4.69) is 12.1 Å². The van der Waals surface area contributed by atoms with Crippen molar-refractivity contribution in [3.63, 3.8) is 0 Å². The molecule has 154 valence electrons. The summed E-state index contributed by atoms with van der Waals surface area (Å²) >= 11 is 5.99. The number of nitrogens with zero attached hydrogens (tertiary/aromatic N) is 2. The van der Waals surface area contributed by atoms with Crippen LogP contribution < -0.4 is 0 Å². The Kier molecular flexibility index (Phi) is 5.95. The van der Waals surface area contributed by atoms with Crippen molar-refractivity contribution in [3.05, 3.63) is 65.2 Å². The first-order valence-electron chi connectivity index (χ1n) is 10.1. The molecular weight excluding hydrogens is 408 g/mol. The van der Waals surface area contributed by atoms with Crippen LogP contribution in [0.3, 0.4) is 0 Å². The van der Waals surface area contributed by atoms with Gasteiger partial charge in [-0.15, -0.1) is 0 Å². The van der Waals surface area contributed by atoms with E-state index >= 15 is 0 Å². The molecule has 0 saturated carbocycles. The monoisotopic (exact) mass is 432 g/mol. The first kappa shape index (κ1) is 20.4. The van der Waals surface area contributed by atoms with E-state index in [4.69, 9.17) is 11.6 Å². The van der Waals surface area contributed by atoms with Gasteiger partial charge in [0.15, 0.2) is 0 Å². The van der Waals surface area contributed by atoms with Gasteiger partial charge < -0.3 is 4.90 Å². The minimum Gasteiger partial charge on any atom is -0.335 e. The third-order valence-corrected chi connectivity index (χ3v) is 7.98. The molecule has 7 heteroatoms. The summed E-state index contributed by atoms with van der Waals surface area (Å²) in [4.78, 5) is 15.5. The predicted molar refractivity (Wildman–Crippen MR) is 113 cm³/mol. The Bertz CT molecular complexity index is 981. The zero-order valence-corrected chi connectivity index (χ0v) is 17.8. The lowest BCUT2D eigenvalue weighted by atomic mass is 9.96. The third-order valence-electron chi connectivity index (χ3n) is 5.89. The van der Waals surface area contributed by atoms with Crippen molar-refractivity contribution >= 4 is 27.5 Å². The van der Waals surface area contributed by atoms with Gasteiger partial charge in [0, 0.05) is 24.7 Å². The number of likely N-dealkylation sites (tertiary alicyclic amines) is 1. The number of piperidine rings is 1. The van der Waals surface area contributed by atoms with E-state index in [1.807, 2.05) is 23.1 Å². The molecule has 29 heavy (non-hydrogen) atoms. The maximum atomic E-state index is 13.3. The van der Waals surface area contributed by atoms with Crippen LogP contribution in [0.2, 0.25) is 5.02 Å². The van der Waals surface area contributed by atoms with Gasteiger partial charge in [0.1, 0.15) is 0 Å². The molecule has 0 aromatic heterocycles. The summed E-state index contributed by atoms with van der Waals surface area (Å²) in [5.41, 5.74) is 1.15. The van der Waals surface area contributed by atoms with Crippen LogP contribution >= 0.6 is 11.6 Å². The van der Waals surface area contributed by atoms with Crippen molar-refractivity contribution in [2.24, 2.45) is 5.92 Å². The van der Waals surface area contributed by atoms with E-state index in [9.17, 15) is 13.2 Å². The van der Waals surface area contributed by atoms with Crippen LogP contribution in [-0.2, 0) is 14.8 Å². The number of carbonyl (C=O) groups is 1. The quantitative estimate of drug-likeness (QED) is 0.730. The standard InChI is InChI=1S/C22H25ClN2O3S/c23-19-10-4-11-20(15-19)29(27,28)24-13-5-9-18(16-24)22(26)25-14-6-12-21(25)17-7-2-1-3-8-17/h1-4,7-8,10-11,15,18,21H,5-6,9,12-14,16H2. The highest BCUT2D eigenvalue weighted by atomic mass is 35.5. The lowest BCUT2D eigenvalue weighted by molar-refractivity contribution is -0.137. The first-order chi connectivity index (χ1) is 14.0. The normalized spacial score (nSPS) is 23.3. The molecule has 2 aromatic carbocycles. The van der Waals surface area contributed by atoms with E-state index in [1.54, 1.807) is 18.2 Å². The average Bonchev–Trinajstić information content (AvgIpc) is 3.24. The van der Waals surface area contributed by atoms with E-state index in [0.717, 1.165) is 31.4 Å². The lowest BCUT2D eigenvalue weighted by Crippen LogP contribution is -2.46. The molecule has 0 N–H and O–H groups in total. The van der Waals surface area contributed by atoms with Crippen LogP contribution in [0.4, 0.5) is 0 Å². The van der Waals surface area contributed by atoms with Gasteiger partial charge in [0.05, 0.1) is 16.9 Å². The van der Waals surface area contributed by atoms with Crippen molar-refractivity contribution in [1.29, 1.82) is 0 Å². The fraction of sp³-hybridized carbons (Fsp3) is 0.409. The second-order valence-corrected chi connectivity index (χ2v) is 10.1. The molecule has 2 atom stereocenters. The van der Waals surface area contributed by atoms with Crippen molar-refractivity contribution in [1.82, 2.24) is 9.21 Å². The number of rotatable bonds is 4. The summed E-state index contributed by atoms with van der Waals surface area (Å²) < 4.78 is 27.6. The van der Waals surface area contributed by atoms with Crippen molar-refractivity contribution in [2.75, 3.05) is 19.6 Å². The van der Waals surface area contributed by atoms with Crippen LogP contribution in [0.25, 0.3) is 0 Å². The van der Waals surface area contributed by atoms with E-state index in [0.29, 0.717) is 18.0 Å². The van der Waals surface area contributed by atoms with Gasteiger partial charge in [0.25, 0.3) is 0 Å². The summed E-state index contributed by atoms with van der Waals surface area (Å²) in [5.74, 6) is -0.232. The number of hydrogen-bond acceptors (Lipinski definition) is 3. The maximum Gasteiger partial charge on any atom is 0.243 e. The highest BCUT2D eigenvalue weighted by Crippen LogP contribution is 2.35. The summed E-state index contributed by atoms with van der Waals surface area (Å²) in [6.45, 7) is 1.39. The Balaban J connectivity index is 1.51. The largest absolute Gasteiger partial charge is 0.335 e. The molecule has 0 spiro atoms. The van der Waals surface area contributed by atoms with Crippen molar-refractivity contribution < 1.29 is 13.2 Å². The molecule has 2 aliphatic rings. The predicted octanol–water partition coefficient (Wildman–Crippen LogP) is 4.10. The van der Waals surface area contributed by atoms with Crippen LogP contribution in [0, 0.1) is 5.92 Å². The van der Waals surface area contributed by atoms with Gasteiger partial charge in [-0.05, 0) is 49.4 Å². The highest BCUT2D eigenvalue weighted by Gasteiger charge is 2.38. The number of halogens is 1. The third kappa shape index (κ3) is 4.20. The van der Waals surface area contributed by atoms with Gasteiger partial charge in [0.2, 0.25) is 15.9 Å². The minimum atomic E-state index is -3.66. The molecule has 2 unspecified atom stereocenters. The SMILES string of the molecule is O=C(C1CCCN(S(=O)(=O)c2cccc(Cl)c2)C1)N1CCCC1c1ccccc1. The van der Waals surface area contributed by atoms with Gasteiger partial charge in [-0.1, -0.05) is 48.0 Å². The van der Waals surface area contributed by atoms with Crippen LogP contribution in [0.1, 0.15) is 37.3 Å². The second-order valence-electron chi connectivity index (χ2n) is 7.76. The van der Waals surface area contributed by atoms with Gasteiger partial charge >= 0.3 is 0 Å². The number of hydrogen-bond donors (Lipinski definition) is 0. The maximum absolute atomic E-state index is 13.3. The average molecular weight is 433 g/mol. The summed E-state index contributed by atoms with van der Waals surface area (Å²) in [6.07, 6.45) is 3.33. The van der Waals surface area contributed by atoms with Crippen LogP contribution in [0.15, 0.2) is 59.5 Å². The minimum absolute atomic E-state index is 0.0716. The van der Waals surface area contributed by atoms with E-state index < -0.39 is 10.0 Å². The van der Waals surface area contributed by atoms with Gasteiger partial charge in [-0.3, -0.25) is 4.79 Å². The Morgan fingerprint density at radius 2 is 1.72 bits per heavy atom. The molecule has 2 saturated heterocycles. The number of benzene rings is 2. The van der Waals surface area contributed by atoms with E-state index in [1.165, 1.54) is 10.4 Å². The molecule has 0 aliphatic carbocycles. The Morgan fingerprint density at radius 1 is 0.966 bits per heavy atom. The Hall–Kier alpha value is -1.89. The number of carbonyl (C=O) groups excluding carboxylic acids is 1. The molecule has 1 amide bonds. The zero-order chi connectivity index (χ0) is 20.4. The first-order valence-corrected chi connectivity index (χ1v) is 11.9. The summed E-state index contributed by atoms with van der Waals surface area (Å²) in [6, 6.07) is 16.5. The zero-order valence-electron chi connectivity index (χ0n) is 16.2. The second kappa shape index (κ2) is 8.46. The molecule has 0 bridgehead atoms. The Morgan fingerprint density at radius 3 is 2.48 bits per heavy atom. The van der Waals surface area contributed by atoms with Gasteiger partial charge in [-0.25, -0.2) is 8.42 Å². The molecule has 2 fully saturated rings. The number of sulfonamides is 1. The van der Waals surface area contributed by atoms with Crippen LogP contribution in [0.5, 0.6) is 0 Å². The molecule has 2 aliphatic heterocycles. The lowest BCUT2D eigenvalue weighted by Gasteiger charge is -2.35. The van der Waals surface area contributed by atoms with E-state index in [-0.39, 0.29) is 29.3 Å². The number of amides is 1.